The van der Waals surface area contributed by atoms with E-state index in [0.717, 1.165) is 46.2 Å². The minimum atomic E-state index is -0.294. The van der Waals surface area contributed by atoms with Crippen LogP contribution in [0.15, 0.2) is 72.9 Å². The van der Waals surface area contributed by atoms with E-state index in [1.807, 2.05) is 71.1 Å². The van der Waals surface area contributed by atoms with Crippen LogP contribution in [0.5, 0.6) is 5.75 Å². The lowest BCUT2D eigenvalue weighted by atomic mass is 10.0. The van der Waals surface area contributed by atoms with Crippen molar-refractivity contribution < 1.29 is 9.53 Å². The van der Waals surface area contributed by atoms with E-state index >= 15 is 0 Å². The number of fused-ring (bicyclic) bond motifs is 3. The summed E-state index contributed by atoms with van der Waals surface area (Å²) in [6.45, 7) is 5.12. The fourth-order valence-corrected chi connectivity index (χ4v) is 4.65. The molecule has 0 radical (unpaired) electrons. The highest BCUT2D eigenvalue weighted by Crippen LogP contribution is 2.39. The normalized spacial score (nSPS) is 14.8. The largest absolute Gasteiger partial charge is 0.497 e. The molecule has 0 unspecified atom stereocenters. The Balaban J connectivity index is 1.73. The standard InChI is InChI=1S/C27H29N5O2/c1-4-15-28-27(33)31-18-23-19(2)29-32(21-11-6-5-7-12-21)26(23)30-16-9-14-24(30)25(31)20-10-8-13-22(17-20)34-3/h5-14,16-17,25H,4,15,18H2,1-3H3,(H,28,33)/t25-/m1/s1. The third kappa shape index (κ3) is 3.73. The van der Waals surface area contributed by atoms with Gasteiger partial charge in [0.15, 0.2) is 0 Å². The number of aryl methyl sites for hydroxylation is 1. The Morgan fingerprint density at radius 2 is 1.94 bits per heavy atom. The molecule has 1 N–H and O–H groups in total. The molecule has 1 aliphatic heterocycles. The molecule has 4 aromatic rings. The van der Waals surface area contributed by atoms with E-state index in [9.17, 15) is 4.79 Å². The number of aromatic nitrogens is 3. The summed E-state index contributed by atoms with van der Waals surface area (Å²) in [6.07, 6.45) is 2.92. The quantitative estimate of drug-likeness (QED) is 0.460. The van der Waals surface area contributed by atoms with Gasteiger partial charge in [0.2, 0.25) is 0 Å². The number of urea groups is 1. The molecule has 0 aliphatic carbocycles. The number of ether oxygens (including phenoxy) is 1. The van der Waals surface area contributed by atoms with Gasteiger partial charge in [0.05, 0.1) is 36.8 Å². The number of carbonyl (C=O) groups is 1. The molecule has 2 aromatic heterocycles. The summed E-state index contributed by atoms with van der Waals surface area (Å²) >= 11 is 0. The van der Waals surface area contributed by atoms with Gasteiger partial charge in [-0.15, -0.1) is 0 Å². The van der Waals surface area contributed by atoms with Gasteiger partial charge in [0, 0.05) is 18.3 Å². The van der Waals surface area contributed by atoms with Gasteiger partial charge in [-0.05, 0) is 55.3 Å². The zero-order chi connectivity index (χ0) is 23.7. The van der Waals surface area contributed by atoms with E-state index in [4.69, 9.17) is 9.84 Å². The predicted octanol–water partition coefficient (Wildman–Crippen LogP) is 5.00. The van der Waals surface area contributed by atoms with Gasteiger partial charge in [-0.1, -0.05) is 37.3 Å². The molecule has 174 valence electrons. The predicted molar refractivity (Wildman–Crippen MR) is 132 cm³/mol. The zero-order valence-electron chi connectivity index (χ0n) is 19.7. The molecular formula is C27H29N5O2. The van der Waals surface area contributed by atoms with E-state index in [1.54, 1.807) is 7.11 Å². The molecule has 0 saturated heterocycles. The monoisotopic (exact) mass is 455 g/mol. The van der Waals surface area contributed by atoms with Crippen molar-refractivity contribution in [3.8, 4) is 17.3 Å². The minimum absolute atomic E-state index is 0.0952. The highest BCUT2D eigenvalue weighted by Gasteiger charge is 2.36. The lowest BCUT2D eigenvalue weighted by Crippen LogP contribution is -2.42. The van der Waals surface area contributed by atoms with Crippen LogP contribution in [0.2, 0.25) is 0 Å². The zero-order valence-corrected chi connectivity index (χ0v) is 19.7. The Morgan fingerprint density at radius 1 is 1.12 bits per heavy atom. The van der Waals surface area contributed by atoms with Gasteiger partial charge in [-0.2, -0.15) is 5.10 Å². The van der Waals surface area contributed by atoms with Gasteiger partial charge in [-0.3, -0.25) is 0 Å². The van der Waals surface area contributed by atoms with E-state index in [-0.39, 0.29) is 12.1 Å². The maximum Gasteiger partial charge on any atom is 0.318 e. The number of rotatable bonds is 5. The fraction of sp³-hybridized carbons (Fsp3) is 0.259. The number of nitrogens with zero attached hydrogens (tertiary/aromatic N) is 4. The van der Waals surface area contributed by atoms with Crippen LogP contribution < -0.4 is 10.1 Å². The molecule has 2 amide bonds. The first kappa shape index (κ1) is 21.8. The first-order valence-corrected chi connectivity index (χ1v) is 11.6. The van der Waals surface area contributed by atoms with Crippen molar-refractivity contribution in [2.24, 2.45) is 0 Å². The SMILES string of the molecule is CCCNC(=O)N1Cc2c(C)nn(-c3ccccc3)c2-n2cccc2[C@H]1c1cccc(OC)c1. The molecular weight excluding hydrogens is 426 g/mol. The van der Waals surface area contributed by atoms with Crippen molar-refractivity contribution in [3.63, 3.8) is 0 Å². The van der Waals surface area contributed by atoms with Crippen LogP contribution in [0.25, 0.3) is 11.5 Å². The fourth-order valence-electron chi connectivity index (χ4n) is 4.65. The van der Waals surface area contributed by atoms with E-state index < -0.39 is 0 Å². The van der Waals surface area contributed by atoms with Crippen LogP contribution in [0, 0.1) is 6.92 Å². The van der Waals surface area contributed by atoms with Crippen LogP contribution in [-0.2, 0) is 6.54 Å². The molecule has 34 heavy (non-hydrogen) atoms. The number of hydrogen-bond acceptors (Lipinski definition) is 3. The second-order valence-corrected chi connectivity index (χ2v) is 8.48. The van der Waals surface area contributed by atoms with Crippen molar-refractivity contribution in [1.82, 2.24) is 24.6 Å². The second kappa shape index (κ2) is 9.09. The molecule has 1 aliphatic rings. The van der Waals surface area contributed by atoms with Crippen LogP contribution >= 0.6 is 0 Å². The Morgan fingerprint density at radius 3 is 2.71 bits per heavy atom. The Labute approximate surface area is 199 Å². The maximum atomic E-state index is 13.5. The molecule has 7 heteroatoms. The van der Waals surface area contributed by atoms with Gasteiger partial charge < -0.3 is 19.5 Å². The summed E-state index contributed by atoms with van der Waals surface area (Å²) in [5.74, 6) is 1.72. The first-order valence-electron chi connectivity index (χ1n) is 11.6. The summed E-state index contributed by atoms with van der Waals surface area (Å²) in [5.41, 5.74) is 4.90. The third-order valence-electron chi connectivity index (χ3n) is 6.28. The number of carbonyl (C=O) groups excluding carboxylic acids is 1. The third-order valence-corrected chi connectivity index (χ3v) is 6.28. The van der Waals surface area contributed by atoms with E-state index in [2.05, 4.69) is 35.1 Å². The van der Waals surface area contributed by atoms with E-state index in [0.29, 0.717) is 13.1 Å². The Kier molecular flexibility index (Phi) is 5.84. The number of amides is 2. The highest BCUT2D eigenvalue weighted by molar-refractivity contribution is 5.76. The molecule has 2 aromatic carbocycles. The molecule has 0 spiro atoms. The van der Waals surface area contributed by atoms with Gasteiger partial charge in [0.25, 0.3) is 0 Å². The molecule has 3 heterocycles. The molecule has 0 fully saturated rings. The summed E-state index contributed by atoms with van der Waals surface area (Å²) in [4.78, 5) is 15.4. The topological polar surface area (TPSA) is 64.3 Å². The van der Waals surface area contributed by atoms with Crippen molar-refractivity contribution in [1.29, 1.82) is 0 Å². The summed E-state index contributed by atoms with van der Waals surface area (Å²) < 4.78 is 9.65. The molecule has 5 rings (SSSR count). The number of methoxy groups -OCH3 is 1. The average molecular weight is 456 g/mol. The summed E-state index contributed by atoms with van der Waals surface area (Å²) in [7, 11) is 1.66. The molecule has 1 atom stereocenters. The maximum absolute atomic E-state index is 13.5. The lowest BCUT2D eigenvalue weighted by Gasteiger charge is -2.31. The summed E-state index contributed by atoms with van der Waals surface area (Å²) in [5, 5.41) is 7.97. The lowest BCUT2D eigenvalue weighted by molar-refractivity contribution is 0.180. The van der Waals surface area contributed by atoms with Crippen LogP contribution in [0.4, 0.5) is 4.79 Å². The Hall–Kier alpha value is -4.00. The second-order valence-electron chi connectivity index (χ2n) is 8.48. The average Bonchev–Trinajstić information content (AvgIpc) is 3.43. The van der Waals surface area contributed by atoms with Crippen molar-refractivity contribution in [3.05, 3.63) is 95.4 Å². The minimum Gasteiger partial charge on any atom is -0.497 e. The van der Waals surface area contributed by atoms with Gasteiger partial charge >= 0.3 is 6.03 Å². The summed E-state index contributed by atoms with van der Waals surface area (Å²) in [6, 6.07) is 21.8. The smallest absolute Gasteiger partial charge is 0.318 e. The Bertz CT molecular complexity index is 1310. The van der Waals surface area contributed by atoms with Gasteiger partial charge in [-0.25, -0.2) is 9.48 Å². The van der Waals surface area contributed by atoms with Gasteiger partial charge in [0.1, 0.15) is 11.6 Å². The van der Waals surface area contributed by atoms with Crippen molar-refractivity contribution in [2.45, 2.75) is 32.9 Å². The van der Waals surface area contributed by atoms with Crippen molar-refractivity contribution in [2.75, 3.05) is 13.7 Å². The number of para-hydroxylation sites is 1. The number of nitrogens with one attached hydrogen (secondary N) is 1. The highest BCUT2D eigenvalue weighted by atomic mass is 16.5. The van der Waals surface area contributed by atoms with Crippen LogP contribution in [0.1, 0.15) is 41.9 Å². The molecule has 7 nitrogen and oxygen atoms in total. The number of benzene rings is 2. The van der Waals surface area contributed by atoms with E-state index in [1.165, 1.54) is 0 Å². The van der Waals surface area contributed by atoms with Crippen LogP contribution in [0.3, 0.4) is 0 Å². The van der Waals surface area contributed by atoms with Crippen LogP contribution in [-0.4, -0.2) is 38.9 Å². The van der Waals surface area contributed by atoms with Crippen molar-refractivity contribution >= 4 is 6.03 Å². The molecule has 0 bridgehead atoms. The molecule has 0 saturated carbocycles. The first-order chi connectivity index (χ1) is 16.6. The number of hydrogen-bond donors (Lipinski definition) is 1.